The van der Waals surface area contributed by atoms with Crippen LogP contribution in [0.4, 0.5) is 17.2 Å². The molecule has 1 aromatic heterocycles. The van der Waals surface area contributed by atoms with Crippen LogP contribution in [0.25, 0.3) is 0 Å². The molecule has 7 heteroatoms. The summed E-state index contributed by atoms with van der Waals surface area (Å²) >= 11 is 6.29. The fourth-order valence-electron chi connectivity index (χ4n) is 3.40. The number of ether oxygens (including phenoxy) is 1. The zero-order valence-electron chi connectivity index (χ0n) is 16.4. The van der Waals surface area contributed by atoms with Crippen LogP contribution in [-0.2, 0) is 6.42 Å². The van der Waals surface area contributed by atoms with Crippen molar-refractivity contribution in [3.8, 4) is 5.75 Å². The quantitative estimate of drug-likeness (QED) is 0.644. The highest BCUT2D eigenvalue weighted by atomic mass is 35.5. The van der Waals surface area contributed by atoms with Gasteiger partial charge in [0.1, 0.15) is 16.6 Å². The van der Waals surface area contributed by atoms with Gasteiger partial charge < -0.3 is 20.3 Å². The van der Waals surface area contributed by atoms with E-state index in [1.165, 1.54) is 5.69 Å². The highest BCUT2D eigenvalue weighted by molar-refractivity contribution is 6.32. The van der Waals surface area contributed by atoms with Gasteiger partial charge in [0, 0.05) is 55.6 Å². The molecular weight excluding hydrogens is 386 g/mol. The Hall–Kier alpha value is -2.83. The number of hydrogen-bond donors (Lipinski definition) is 2. The van der Waals surface area contributed by atoms with E-state index >= 15 is 0 Å². The number of nitrogens with zero attached hydrogens (tertiary/aromatic N) is 3. The standard InChI is InChI=1S/C22H24ClN5O/c1-29-20-14-18(28-11-9-24-10-12-28)8-7-16(20)13-21-25-15-19(23)22(27-21)26-17-5-3-2-4-6-17/h2-8,14-15,24H,9-13H2,1H3,(H,25,26,27). The second kappa shape index (κ2) is 9.11. The number of anilines is 3. The molecule has 6 nitrogen and oxygen atoms in total. The van der Waals surface area contributed by atoms with Crippen molar-refractivity contribution in [3.05, 3.63) is 71.1 Å². The number of rotatable bonds is 6. The Balaban J connectivity index is 1.54. The smallest absolute Gasteiger partial charge is 0.152 e. The van der Waals surface area contributed by atoms with Crippen molar-refractivity contribution >= 4 is 28.8 Å². The summed E-state index contributed by atoms with van der Waals surface area (Å²) in [5.74, 6) is 2.12. The molecule has 29 heavy (non-hydrogen) atoms. The third kappa shape index (κ3) is 4.78. The van der Waals surface area contributed by atoms with Crippen LogP contribution in [0, 0.1) is 0 Å². The predicted octanol–water partition coefficient (Wildman–Crippen LogP) is 3.88. The second-order valence-electron chi connectivity index (χ2n) is 6.88. The van der Waals surface area contributed by atoms with Crippen LogP contribution < -0.4 is 20.3 Å². The molecule has 0 aliphatic carbocycles. The zero-order chi connectivity index (χ0) is 20.1. The highest BCUT2D eigenvalue weighted by Crippen LogP contribution is 2.28. The van der Waals surface area contributed by atoms with Crippen molar-refractivity contribution in [2.75, 3.05) is 43.5 Å². The summed E-state index contributed by atoms with van der Waals surface area (Å²) in [6.07, 6.45) is 2.20. The normalized spacial score (nSPS) is 13.9. The van der Waals surface area contributed by atoms with Gasteiger partial charge in [-0.2, -0.15) is 0 Å². The fourth-order valence-corrected chi connectivity index (χ4v) is 3.54. The van der Waals surface area contributed by atoms with E-state index in [1.54, 1.807) is 13.3 Å². The van der Waals surface area contributed by atoms with Gasteiger partial charge in [-0.25, -0.2) is 9.97 Å². The van der Waals surface area contributed by atoms with E-state index in [4.69, 9.17) is 16.3 Å². The molecule has 2 N–H and O–H groups in total. The number of benzene rings is 2. The first-order chi connectivity index (χ1) is 14.2. The van der Waals surface area contributed by atoms with Gasteiger partial charge in [-0.3, -0.25) is 0 Å². The van der Waals surface area contributed by atoms with Gasteiger partial charge in [-0.1, -0.05) is 35.9 Å². The number of methoxy groups -OCH3 is 1. The van der Waals surface area contributed by atoms with Gasteiger partial charge in [0.05, 0.1) is 13.3 Å². The molecule has 2 heterocycles. The molecule has 2 aromatic carbocycles. The van der Waals surface area contributed by atoms with E-state index in [0.29, 0.717) is 23.1 Å². The van der Waals surface area contributed by atoms with Crippen molar-refractivity contribution < 1.29 is 4.74 Å². The van der Waals surface area contributed by atoms with Crippen molar-refractivity contribution in [1.82, 2.24) is 15.3 Å². The molecule has 0 bridgehead atoms. The first kappa shape index (κ1) is 19.5. The van der Waals surface area contributed by atoms with E-state index in [0.717, 1.165) is 43.2 Å². The zero-order valence-corrected chi connectivity index (χ0v) is 17.1. The molecule has 3 aromatic rings. The summed E-state index contributed by atoms with van der Waals surface area (Å²) in [5, 5.41) is 7.12. The van der Waals surface area contributed by atoms with Gasteiger partial charge in [0.25, 0.3) is 0 Å². The number of halogens is 1. The van der Waals surface area contributed by atoms with Crippen LogP contribution in [-0.4, -0.2) is 43.3 Å². The summed E-state index contributed by atoms with van der Waals surface area (Å²) in [6.45, 7) is 3.99. The van der Waals surface area contributed by atoms with Crippen LogP contribution >= 0.6 is 11.6 Å². The minimum Gasteiger partial charge on any atom is -0.496 e. The van der Waals surface area contributed by atoms with Crippen molar-refractivity contribution in [2.45, 2.75) is 6.42 Å². The van der Waals surface area contributed by atoms with Crippen LogP contribution in [0.5, 0.6) is 5.75 Å². The third-order valence-corrected chi connectivity index (χ3v) is 5.21. The number of aromatic nitrogens is 2. The summed E-state index contributed by atoms with van der Waals surface area (Å²) in [6, 6.07) is 16.2. The van der Waals surface area contributed by atoms with Crippen molar-refractivity contribution in [1.29, 1.82) is 0 Å². The maximum absolute atomic E-state index is 6.29. The van der Waals surface area contributed by atoms with E-state index in [-0.39, 0.29) is 0 Å². The van der Waals surface area contributed by atoms with Gasteiger partial charge >= 0.3 is 0 Å². The molecule has 0 atom stereocenters. The molecule has 1 aliphatic rings. The minimum atomic E-state index is 0.485. The average molecular weight is 410 g/mol. The number of nitrogens with one attached hydrogen (secondary N) is 2. The number of hydrogen-bond acceptors (Lipinski definition) is 6. The lowest BCUT2D eigenvalue weighted by Crippen LogP contribution is -2.43. The Morgan fingerprint density at radius 1 is 1.14 bits per heavy atom. The number of para-hydroxylation sites is 1. The van der Waals surface area contributed by atoms with Gasteiger partial charge in [0.2, 0.25) is 0 Å². The molecule has 4 rings (SSSR count). The molecular formula is C22H24ClN5O. The molecule has 0 spiro atoms. The van der Waals surface area contributed by atoms with Crippen molar-refractivity contribution in [3.63, 3.8) is 0 Å². The summed E-state index contributed by atoms with van der Waals surface area (Å²) < 4.78 is 5.66. The van der Waals surface area contributed by atoms with Crippen LogP contribution in [0.1, 0.15) is 11.4 Å². The summed E-state index contributed by atoms with van der Waals surface area (Å²) in [7, 11) is 1.70. The average Bonchev–Trinajstić information content (AvgIpc) is 2.77. The predicted molar refractivity (Wildman–Crippen MR) is 118 cm³/mol. The summed E-state index contributed by atoms with van der Waals surface area (Å²) in [4.78, 5) is 11.4. The van der Waals surface area contributed by atoms with Crippen LogP contribution in [0.2, 0.25) is 5.02 Å². The Kier molecular flexibility index (Phi) is 6.12. The van der Waals surface area contributed by atoms with Crippen LogP contribution in [0.3, 0.4) is 0 Å². The lowest BCUT2D eigenvalue weighted by Gasteiger charge is -2.30. The topological polar surface area (TPSA) is 62.3 Å². The largest absolute Gasteiger partial charge is 0.496 e. The van der Waals surface area contributed by atoms with E-state index in [9.17, 15) is 0 Å². The molecule has 1 saturated heterocycles. The van der Waals surface area contributed by atoms with Gasteiger partial charge in [-0.15, -0.1) is 0 Å². The first-order valence-corrected chi connectivity index (χ1v) is 10.1. The molecule has 0 unspecified atom stereocenters. The lowest BCUT2D eigenvalue weighted by atomic mass is 10.1. The van der Waals surface area contributed by atoms with E-state index in [1.807, 2.05) is 30.3 Å². The third-order valence-electron chi connectivity index (χ3n) is 4.93. The second-order valence-corrected chi connectivity index (χ2v) is 7.29. The monoisotopic (exact) mass is 409 g/mol. The Bertz CT molecular complexity index is 961. The van der Waals surface area contributed by atoms with E-state index < -0.39 is 0 Å². The molecule has 0 amide bonds. The highest BCUT2D eigenvalue weighted by Gasteiger charge is 2.14. The fraction of sp³-hybridized carbons (Fsp3) is 0.273. The van der Waals surface area contributed by atoms with Gasteiger partial charge in [-0.05, 0) is 18.2 Å². The molecule has 1 aliphatic heterocycles. The lowest BCUT2D eigenvalue weighted by molar-refractivity contribution is 0.410. The first-order valence-electron chi connectivity index (χ1n) is 9.69. The Morgan fingerprint density at radius 2 is 1.93 bits per heavy atom. The Morgan fingerprint density at radius 3 is 2.69 bits per heavy atom. The number of piperazine rings is 1. The maximum Gasteiger partial charge on any atom is 0.152 e. The molecule has 150 valence electrons. The summed E-state index contributed by atoms with van der Waals surface area (Å²) in [5.41, 5.74) is 3.15. The van der Waals surface area contributed by atoms with E-state index in [2.05, 4.69) is 43.7 Å². The minimum absolute atomic E-state index is 0.485. The molecule has 1 fully saturated rings. The van der Waals surface area contributed by atoms with Crippen molar-refractivity contribution in [2.24, 2.45) is 0 Å². The molecule has 0 saturated carbocycles. The maximum atomic E-state index is 6.29. The molecule has 0 radical (unpaired) electrons. The van der Waals surface area contributed by atoms with Gasteiger partial charge in [0.15, 0.2) is 5.82 Å². The van der Waals surface area contributed by atoms with Crippen LogP contribution in [0.15, 0.2) is 54.7 Å². The Labute approximate surface area is 175 Å². The SMILES string of the molecule is COc1cc(N2CCNCC2)ccc1Cc1ncc(Cl)c(Nc2ccccc2)n1.